The Morgan fingerprint density at radius 3 is 1.70 bits per heavy atom. The zero-order valence-electron chi connectivity index (χ0n) is 31.7. The summed E-state index contributed by atoms with van der Waals surface area (Å²) in [7, 11) is 0. The number of hydrogen-bond acceptors (Lipinski definition) is 2. The second kappa shape index (κ2) is 13.6. The molecule has 8 aromatic carbocycles. The lowest BCUT2D eigenvalue weighted by atomic mass is 9.79. The van der Waals surface area contributed by atoms with Gasteiger partial charge in [-0.3, -0.25) is 0 Å². The standard InChI is InChI=1S/C54H42O2/c1-54(2)50-32-42(36-9-5-3-6-10-36)22-27-46(50)47-28-23-43(33-51(47)54)45(40-11-7-4-8-12-40)26-15-35-13-16-37(17-14-35)38-18-20-39(21-19-38)41-24-29-52-48(31-41)49-34-44(55)25-30-53(49)56-52/h3-14,16-25,27-34,45,55H,15,26H2,1-2H3. The minimum Gasteiger partial charge on any atom is -0.508 e. The van der Waals surface area contributed by atoms with Crippen LogP contribution in [0, 0.1) is 0 Å². The van der Waals surface area contributed by atoms with Crippen LogP contribution in [0.5, 0.6) is 5.75 Å². The fraction of sp³-hybridized carbons (Fsp3) is 0.111. The van der Waals surface area contributed by atoms with Crippen LogP contribution in [0.4, 0.5) is 0 Å². The number of furan rings is 1. The maximum Gasteiger partial charge on any atom is 0.135 e. The number of rotatable bonds is 8. The molecule has 0 spiro atoms. The lowest BCUT2D eigenvalue weighted by Gasteiger charge is -2.25. The molecule has 0 saturated carbocycles. The number of fused-ring (bicyclic) bond motifs is 6. The number of aryl methyl sites for hydroxylation is 1. The van der Waals surface area contributed by atoms with E-state index in [4.69, 9.17) is 4.42 Å². The average molecular weight is 723 g/mol. The molecule has 1 aliphatic carbocycles. The normalized spacial score (nSPS) is 13.5. The van der Waals surface area contributed by atoms with Crippen molar-refractivity contribution in [1.82, 2.24) is 0 Å². The largest absolute Gasteiger partial charge is 0.508 e. The lowest BCUT2D eigenvalue weighted by Crippen LogP contribution is -2.16. The second-order valence-corrected chi connectivity index (χ2v) is 15.8. The summed E-state index contributed by atoms with van der Waals surface area (Å²) in [6.45, 7) is 4.77. The minimum absolute atomic E-state index is 0.0894. The van der Waals surface area contributed by atoms with Crippen LogP contribution in [0.15, 0.2) is 186 Å². The Kier molecular flexibility index (Phi) is 8.22. The molecule has 2 nitrogen and oxygen atoms in total. The van der Waals surface area contributed by atoms with Crippen LogP contribution in [0.2, 0.25) is 0 Å². The first kappa shape index (κ1) is 33.9. The molecule has 270 valence electrons. The number of phenols is 1. The van der Waals surface area contributed by atoms with Crippen molar-refractivity contribution in [1.29, 1.82) is 0 Å². The SMILES string of the molecule is CC1(C)c2cc(-c3ccccc3)ccc2-c2ccc(C(CCc3ccc(-c4ccc(-c5ccc6oc7ccc(O)cc7c6c5)cc4)cc3)c3ccccc3)cc21. The van der Waals surface area contributed by atoms with Gasteiger partial charge in [0.05, 0.1) is 0 Å². The van der Waals surface area contributed by atoms with Gasteiger partial charge in [-0.05, 0) is 122 Å². The fourth-order valence-electron chi connectivity index (χ4n) is 8.97. The molecule has 10 rings (SSSR count). The maximum atomic E-state index is 10.1. The number of hydrogen-bond donors (Lipinski definition) is 1. The van der Waals surface area contributed by atoms with E-state index in [1.165, 1.54) is 61.2 Å². The Morgan fingerprint density at radius 1 is 0.464 bits per heavy atom. The third-order valence-corrected chi connectivity index (χ3v) is 12.1. The van der Waals surface area contributed by atoms with E-state index in [9.17, 15) is 5.11 Å². The summed E-state index contributed by atoms with van der Waals surface area (Å²) in [4.78, 5) is 0. The Labute approximate surface area is 328 Å². The smallest absolute Gasteiger partial charge is 0.135 e. The summed E-state index contributed by atoms with van der Waals surface area (Å²) in [5.41, 5.74) is 18.3. The van der Waals surface area contributed by atoms with Gasteiger partial charge in [0, 0.05) is 22.1 Å². The van der Waals surface area contributed by atoms with Crippen LogP contribution in [-0.4, -0.2) is 5.11 Å². The number of phenolic OH excluding ortho intramolecular Hbond substituents is 1. The third-order valence-electron chi connectivity index (χ3n) is 12.1. The van der Waals surface area contributed by atoms with Gasteiger partial charge in [0.2, 0.25) is 0 Å². The van der Waals surface area contributed by atoms with Gasteiger partial charge in [0.25, 0.3) is 0 Å². The van der Waals surface area contributed by atoms with Crippen molar-refractivity contribution in [2.45, 2.75) is 38.0 Å². The zero-order chi connectivity index (χ0) is 37.8. The Morgan fingerprint density at radius 2 is 0.982 bits per heavy atom. The highest BCUT2D eigenvalue weighted by Crippen LogP contribution is 2.51. The van der Waals surface area contributed by atoms with Crippen molar-refractivity contribution >= 4 is 21.9 Å². The molecule has 1 unspecified atom stereocenters. The van der Waals surface area contributed by atoms with Crippen molar-refractivity contribution in [3.63, 3.8) is 0 Å². The van der Waals surface area contributed by atoms with Gasteiger partial charge in [-0.1, -0.05) is 159 Å². The van der Waals surface area contributed by atoms with E-state index in [1.807, 2.05) is 12.1 Å². The second-order valence-electron chi connectivity index (χ2n) is 15.8. The quantitative estimate of drug-likeness (QED) is 0.169. The molecule has 0 aliphatic heterocycles. The van der Waals surface area contributed by atoms with E-state index in [0.717, 1.165) is 45.9 Å². The lowest BCUT2D eigenvalue weighted by molar-refractivity contribution is 0.476. The van der Waals surface area contributed by atoms with Gasteiger partial charge >= 0.3 is 0 Å². The van der Waals surface area contributed by atoms with E-state index in [0.29, 0.717) is 0 Å². The molecule has 56 heavy (non-hydrogen) atoms. The maximum absolute atomic E-state index is 10.1. The summed E-state index contributed by atoms with van der Waals surface area (Å²) in [6.07, 6.45) is 2.02. The first-order valence-electron chi connectivity index (χ1n) is 19.6. The molecule has 0 amide bonds. The van der Waals surface area contributed by atoms with Crippen LogP contribution in [0.1, 0.15) is 54.0 Å². The van der Waals surface area contributed by atoms with Crippen LogP contribution in [0.3, 0.4) is 0 Å². The molecule has 0 saturated heterocycles. The topological polar surface area (TPSA) is 33.4 Å². The molecule has 9 aromatic rings. The van der Waals surface area contributed by atoms with E-state index in [-0.39, 0.29) is 17.1 Å². The number of aromatic hydroxyl groups is 1. The molecular weight excluding hydrogens is 681 g/mol. The molecule has 1 atom stereocenters. The predicted octanol–water partition coefficient (Wildman–Crippen LogP) is 14.4. The monoisotopic (exact) mass is 722 g/mol. The van der Waals surface area contributed by atoms with Gasteiger partial charge in [0.1, 0.15) is 16.9 Å². The van der Waals surface area contributed by atoms with Crippen molar-refractivity contribution in [2.24, 2.45) is 0 Å². The van der Waals surface area contributed by atoms with Gasteiger partial charge in [-0.15, -0.1) is 0 Å². The molecule has 1 N–H and O–H groups in total. The summed E-state index contributed by atoms with van der Waals surface area (Å²) in [5, 5.41) is 12.0. The first-order valence-corrected chi connectivity index (χ1v) is 19.6. The summed E-state index contributed by atoms with van der Waals surface area (Å²) in [5.74, 6) is 0.531. The summed E-state index contributed by atoms with van der Waals surface area (Å²) in [6, 6.07) is 65.4. The minimum atomic E-state index is -0.0894. The average Bonchev–Trinajstić information content (AvgIpc) is 3.72. The van der Waals surface area contributed by atoms with E-state index >= 15 is 0 Å². The fourth-order valence-corrected chi connectivity index (χ4v) is 8.97. The highest BCUT2D eigenvalue weighted by molar-refractivity contribution is 6.06. The zero-order valence-corrected chi connectivity index (χ0v) is 31.7. The summed E-state index contributed by atoms with van der Waals surface area (Å²) < 4.78 is 6.00. The molecule has 2 heteroatoms. The molecule has 0 radical (unpaired) electrons. The van der Waals surface area contributed by atoms with Crippen LogP contribution in [-0.2, 0) is 11.8 Å². The molecular formula is C54H42O2. The van der Waals surface area contributed by atoms with Gasteiger partial charge in [-0.25, -0.2) is 0 Å². The van der Waals surface area contributed by atoms with Crippen LogP contribution in [0.25, 0.3) is 66.4 Å². The third kappa shape index (κ3) is 5.99. The van der Waals surface area contributed by atoms with Crippen molar-refractivity contribution in [3.05, 3.63) is 210 Å². The summed E-state index contributed by atoms with van der Waals surface area (Å²) >= 11 is 0. The van der Waals surface area contributed by atoms with Gasteiger partial charge in [-0.2, -0.15) is 0 Å². The van der Waals surface area contributed by atoms with Crippen molar-refractivity contribution in [3.8, 4) is 50.3 Å². The molecule has 1 aliphatic rings. The predicted molar refractivity (Wildman–Crippen MR) is 232 cm³/mol. The first-order chi connectivity index (χ1) is 27.4. The highest BCUT2D eigenvalue weighted by Gasteiger charge is 2.36. The molecule has 0 fully saturated rings. The Balaban J connectivity index is 0.881. The van der Waals surface area contributed by atoms with Gasteiger partial charge < -0.3 is 9.52 Å². The van der Waals surface area contributed by atoms with Crippen LogP contribution < -0.4 is 0 Å². The molecule has 0 bridgehead atoms. The van der Waals surface area contributed by atoms with Gasteiger partial charge in [0.15, 0.2) is 0 Å². The van der Waals surface area contributed by atoms with Crippen LogP contribution >= 0.6 is 0 Å². The Hall–Kier alpha value is -6.64. The molecule has 1 aromatic heterocycles. The van der Waals surface area contributed by atoms with Crippen molar-refractivity contribution in [2.75, 3.05) is 0 Å². The van der Waals surface area contributed by atoms with Crippen molar-refractivity contribution < 1.29 is 9.52 Å². The number of benzene rings is 8. The van der Waals surface area contributed by atoms with E-state index < -0.39 is 0 Å². The van der Waals surface area contributed by atoms with E-state index in [1.54, 1.807) is 12.1 Å². The molecule has 1 heterocycles. The highest BCUT2D eigenvalue weighted by atomic mass is 16.3. The van der Waals surface area contributed by atoms with E-state index in [2.05, 4.69) is 172 Å². The Bertz CT molecular complexity index is 2860.